The van der Waals surface area contributed by atoms with Gasteiger partial charge in [0.15, 0.2) is 0 Å². The zero-order chi connectivity index (χ0) is 13.9. The minimum Gasteiger partial charge on any atom is -0.368 e. The maximum absolute atomic E-state index is 5.52. The predicted octanol–water partition coefficient (Wildman–Crippen LogP) is 0.652. The Morgan fingerprint density at radius 3 is 2.80 bits per heavy atom. The van der Waals surface area contributed by atoms with Gasteiger partial charge in [0.1, 0.15) is 17.5 Å². The minimum atomic E-state index is 0.485. The number of nitrogens with two attached hydrogens (primary N) is 1. The quantitative estimate of drug-likeness (QED) is 0.524. The molecule has 3 rings (SSSR count). The number of nitrogens with zero attached hydrogens (tertiary/aromatic N) is 5. The number of nitrogens with one attached hydrogen (secondary N) is 2. The van der Waals surface area contributed by atoms with Crippen molar-refractivity contribution in [3.8, 4) is 0 Å². The van der Waals surface area contributed by atoms with E-state index in [4.69, 9.17) is 5.84 Å². The van der Waals surface area contributed by atoms with Gasteiger partial charge in [-0.3, -0.25) is 4.68 Å². The maximum Gasteiger partial charge on any atom is 0.148 e. The smallest absolute Gasteiger partial charge is 0.148 e. The summed E-state index contributed by atoms with van der Waals surface area (Å²) >= 11 is 0. The lowest BCUT2D eigenvalue weighted by Gasteiger charge is -2.13. The summed E-state index contributed by atoms with van der Waals surface area (Å²) in [6.07, 6.45) is 5.81. The second kappa shape index (κ2) is 5.41. The number of hydrogen-bond acceptors (Lipinski definition) is 7. The second-order valence-corrected chi connectivity index (χ2v) is 4.92. The molecule has 0 spiro atoms. The first-order valence-electron chi connectivity index (χ1n) is 6.71. The zero-order valence-corrected chi connectivity index (χ0v) is 11.4. The molecule has 1 fully saturated rings. The Balaban J connectivity index is 1.72. The SMILES string of the molecule is Cc1c(NN)nc(C2CC2)nc1NCCn1ccnn1. The molecule has 0 bridgehead atoms. The number of anilines is 2. The van der Waals surface area contributed by atoms with E-state index in [9.17, 15) is 0 Å². The Labute approximate surface area is 116 Å². The van der Waals surface area contributed by atoms with Gasteiger partial charge in [-0.2, -0.15) is 0 Å². The van der Waals surface area contributed by atoms with E-state index < -0.39 is 0 Å². The molecule has 0 unspecified atom stereocenters. The van der Waals surface area contributed by atoms with Gasteiger partial charge in [0.25, 0.3) is 0 Å². The van der Waals surface area contributed by atoms with Crippen molar-refractivity contribution < 1.29 is 0 Å². The molecule has 20 heavy (non-hydrogen) atoms. The molecule has 2 heterocycles. The zero-order valence-electron chi connectivity index (χ0n) is 11.4. The van der Waals surface area contributed by atoms with Gasteiger partial charge in [-0.25, -0.2) is 15.8 Å². The summed E-state index contributed by atoms with van der Waals surface area (Å²) in [7, 11) is 0. The monoisotopic (exact) mass is 274 g/mol. The molecule has 1 saturated carbocycles. The number of rotatable bonds is 6. The highest BCUT2D eigenvalue weighted by atomic mass is 15.4. The predicted molar refractivity (Wildman–Crippen MR) is 75.1 cm³/mol. The molecule has 0 saturated heterocycles. The highest BCUT2D eigenvalue weighted by Crippen LogP contribution is 2.39. The van der Waals surface area contributed by atoms with E-state index in [0.717, 1.165) is 43.1 Å². The van der Waals surface area contributed by atoms with Gasteiger partial charge >= 0.3 is 0 Å². The molecule has 0 amide bonds. The lowest BCUT2D eigenvalue weighted by Crippen LogP contribution is -2.17. The lowest BCUT2D eigenvalue weighted by molar-refractivity contribution is 0.608. The molecule has 8 heteroatoms. The van der Waals surface area contributed by atoms with Crippen molar-refractivity contribution in [1.82, 2.24) is 25.0 Å². The van der Waals surface area contributed by atoms with Crippen LogP contribution in [0.3, 0.4) is 0 Å². The summed E-state index contributed by atoms with van der Waals surface area (Å²) in [6.45, 7) is 3.40. The summed E-state index contributed by atoms with van der Waals surface area (Å²) in [5.41, 5.74) is 3.57. The van der Waals surface area contributed by atoms with E-state index in [2.05, 4.69) is 31.0 Å². The standard InChI is InChI=1S/C12H18N8/c1-8-10(14-4-6-20-7-5-15-19-20)16-12(9-2-3-9)17-11(8)18-13/h5,7,9H,2-4,6,13H2,1H3,(H2,14,16,17,18). The van der Waals surface area contributed by atoms with Crippen LogP contribution < -0.4 is 16.6 Å². The Morgan fingerprint density at radius 1 is 1.35 bits per heavy atom. The maximum atomic E-state index is 5.52. The number of aromatic nitrogens is 5. The number of hydrogen-bond donors (Lipinski definition) is 3. The molecule has 0 aliphatic heterocycles. The van der Waals surface area contributed by atoms with Crippen LogP contribution in [0.2, 0.25) is 0 Å². The van der Waals surface area contributed by atoms with E-state index in [0.29, 0.717) is 11.7 Å². The van der Waals surface area contributed by atoms with E-state index in [1.807, 2.05) is 13.1 Å². The average Bonchev–Trinajstić information content (AvgIpc) is 3.18. The average molecular weight is 274 g/mol. The van der Waals surface area contributed by atoms with Crippen LogP contribution in [0.1, 0.15) is 30.1 Å². The number of nitrogen functional groups attached to an aromatic ring is 1. The highest BCUT2D eigenvalue weighted by Gasteiger charge is 2.28. The van der Waals surface area contributed by atoms with Gasteiger partial charge in [-0.05, 0) is 19.8 Å². The molecular formula is C12H18N8. The molecule has 0 aromatic carbocycles. The van der Waals surface area contributed by atoms with Gasteiger partial charge in [-0.1, -0.05) is 5.21 Å². The van der Waals surface area contributed by atoms with E-state index >= 15 is 0 Å². The lowest BCUT2D eigenvalue weighted by atomic mass is 10.3. The fourth-order valence-electron chi connectivity index (χ4n) is 2.01. The molecule has 1 aliphatic carbocycles. The highest BCUT2D eigenvalue weighted by molar-refractivity contribution is 5.57. The van der Waals surface area contributed by atoms with Crippen molar-refractivity contribution in [3.05, 3.63) is 23.8 Å². The third-order valence-electron chi connectivity index (χ3n) is 3.35. The summed E-state index contributed by atoms with van der Waals surface area (Å²) in [4.78, 5) is 9.06. The fourth-order valence-corrected chi connectivity index (χ4v) is 2.01. The third-order valence-corrected chi connectivity index (χ3v) is 3.35. The van der Waals surface area contributed by atoms with Crippen LogP contribution >= 0.6 is 0 Å². The summed E-state index contributed by atoms with van der Waals surface area (Å²) in [5, 5.41) is 11.0. The first-order valence-corrected chi connectivity index (χ1v) is 6.71. The van der Waals surface area contributed by atoms with Crippen LogP contribution in [0.25, 0.3) is 0 Å². The molecule has 8 nitrogen and oxygen atoms in total. The molecule has 2 aromatic rings. The van der Waals surface area contributed by atoms with Crippen molar-refractivity contribution in [3.63, 3.8) is 0 Å². The van der Waals surface area contributed by atoms with Crippen LogP contribution in [-0.2, 0) is 6.54 Å². The molecule has 4 N–H and O–H groups in total. The number of hydrazine groups is 1. The Kier molecular flexibility index (Phi) is 3.46. The summed E-state index contributed by atoms with van der Waals surface area (Å²) in [5.74, 6) is 8.39. The fraction of sp³-hybridized carbons (Fsp3) is 0.500. The van der Waals surface area contributed by atoms with Crippen molar-refractivity contribution in [2.24, 2.45) is 5.84 Å². The van der Waals surface area contributed by atoms with Crippen molar-refractivity contribution in [2.75, 3.05) is 17.3 Å². The van der Waals surface area contributed by atoms with Gasteiger partial charge in [0.05, 0.1) is 12.7 Å². The van der Waals surface area contributed by atoms with E-state index in [-0.39, 0.29) is 0 Å². The molecule has 2 aromatic heterocycles. The summed E-state index contributed by atoms with van der Waals surface area (Å²) < 4.78 is 1.77. The van der Waals surface area contributed by atoms with Crippen molar-refractivity contribution in [1.29, 1.82) is 0 Å². The Morgan fingerprint density at radius 2 is 2.15 bits per heavy atom. The van der Waals surface area contributed by atoms with Crippen LogP contribution in [0.15, 0.2) is 12.4 Å². The molecule has 1 aliphatic rings. The first-order chi connectivity index (χ1) is 9.78. The Hall–Kier alpha value is -2.22. The van der Waals surface area contributed by atoms with Crippen LogP contribution in [0, 0.1) is 6.92 Å². The largest absolute Gasteiger partial charge is 0.368 e. The van der Waals surface area contributed by atoms with Crippen molar-refractivity contribution >= 4 is 11.6 Å². The molecular weight excluding hydrogens is 256 g/mol. The van der Waals surface area contributed by atoms with Gasteiger partial charge < -0.3 is 10.7 Å². The molecule has 0 radical (unpaired) electrons. The second-order valence-electron chi connectivity index (χ2n) is 4.92. The third kappa shape index (κ3) is 2.69. The Bertz CT molecular complexity index is 575. The van der Waals surface area contributed by atoms with Gasteiger partial charge in [0.2, 0.25) is 0 Å². The van der Waals surface area contributed by atoms with Crippen molar-refractivity contribution in [2.45, 2.75) is 32.2 Å². The van der Waals surface area contributed by atoms with Crippen LogP contribution in [-0.4, -0.2) is 31.5 Å². The van der Waals surface area contributed by atoms with E-state index in [1.165, 1.54) is 0 Å². The topological polar surface area (TPSA) is 107 Å². The van der Waals surface area contributed by atoms with Crippen LogP contribution in [0.5, 0.6) is 0 Å². The van der Waals surface area contributed by atoms with Crippen LogP contribution in [0.4, 0.5) is 11.6 Å². The molecule has 0 atom stereocenters. The van der Waals surface area contributed by atoms with E-state index in [1.54, 1.807) is 10.9 Å². The normalized spacial score (nSPS) is 14.3. The first kappa shape index (κ1) is 12.8. The molecule has 106 valence electrons. The minimum absolute atomic E-state index is 0.485. The van der Waals surface area contributed by atoms with Gasteiger partial charge in [0, 0.05) is 24.2 Å². The summed E-state index contributed by atoms with van der Waals surface area (Å²) in [6, 6.07) is 0. The van der Waals surface area contributed by atoms with Gasteiger partial charge in [-0.15, -0.1) is 5.10 Å².